The maximum absolute atomic E-state index is 13.5. The van der Waals surface area contributed by atoms with Crippen molar-refractivity contribution < 1.29 is 27.4 Å². The minimum Gasteiger partial charge on any atom is -0.467 e. The normalized spacial score (nSPS) is 16.9. The maximum atomic E-state index is 13.5. The Bertz CT molecular complexity index is 1280. The average molecular weight is 569 g/mol. The monoisotopic (exact) mass is 568 g/mol. The van der Waals surface area contributed by atoms with Gasteiger partial charge < -0.3 is 14.4 Å². The molecule has 194 valence electrons. The van der Waals surface area contributed by atoms with Crippen LogP contribution in [0.3, 0.4) is 0 Å². The Morgan fingerprint density at radius 2 is 2.00 bits per heavy atom. The molecule has 0 saturated carbocycles. The van der Waals surface area contributed by atoms with Gasteiger partial charge in [0.15, 0.2) is 12.4 Å². The fraction of sp³-hybridized carbons (Fsp3) is 0.480. The lowest BCUT2D eigenvalue weighted by Crippen LogP contribution is -2.44. The first-order chi connectivity index (χ1) is 17.0. The minimum atomic E-state index is -4.51. The molecular formula is C25H28BrF3N4O3. The van der Waals surface area contributed by atoms with Crippen LogP contribution >= 0.6 is 15.9 Å². The van der Waals surface area contributed by atoms with E-state index in [2.05, 4.69) is 20.9 Å². The van der Waals surface area contributed by atoms with Gasteiger partial charge in [0.05, 0.1) is 22.7 Å². The number of aromatic nitrogens is 3. The second-order valence-electron chi connectivity index (χ2n) is 9.05. The van der Waals surface area contributed by atoms with Crippen molar-refractivity contribution >= 4 is 32.9 Å². The molecule has 1 unspecified atom stereocenters. The van der Waals surface area contributed by atoms with Crippen LogP contribution in [0, 0.1) is 6.92 Å². The smallest absolute Gasteiger partial charge is 0.416 e. The Morgan fingerprint density at radius 3 is 2.67 bits per heavy atom. The van der Waals surface area contributed by atoms with Crippen LogP contribution in [-0.2, 0) is 15.7 Å². The summed E-state index contributed by atoms with van der Waals surface area (Å²) in [5, 5.41) is 5.48. The van der Waals surface area contributed by atoms with Gasteiger partial charge in [-0.25, -0.2) is 4.98 Å². The zero-order valence-corrected chi connectivity index (χ0v) is 22.1. The van der Waals surface area contributed by atoms with E-state index in [0.717, 1.165) is 22.1 Å². The maximum Gasteiger partial charge on any atom is 0.416 e. The summed E-state index contributed by atoms with van der Waals surface area (Å²) in [7, 11) is 0. The molecule has 11 heteroatoms. The predicted molar refractivity (Wildman–Crippen MR) is 133 cm³/mol. The molecule has 0 spiro atoms. The summed E-state index contributed by atoms with van der Waals surface area (Å²) in [4.78, 5) is 18.8. The molecule has 0 aliphatic carbocycles. The van der Waals surface area contributed by atoms with Gasteiger partial charge in [0.25, 0.3) is 0 Å². The number of pyridine rings is 1. The highest BCUT2D eigenvalue weighted by atomic mass is 79.9. The number of ether oxygens (including phenoxy) is 2. The SMILES string of the molecule is CCOCOc1cc(C(F)(F)F)cc(C)c1-c1ccc2c(Br)n(C3CCC(=O)N(C(C)C)C3)nc2n1. The standard InChI is InChI=1S/C25H28BrF3N4O3/c1-5-35-13-36-20-11-16(25(27,28)29)10-15(4)22(20)19-8-7-18-23(26)33(31-24(18)30-19)17-6-9-21(34)32(12-17)14(2)3/h7-8,10-11,14,17H,5-6,9,12-13H2,1-4H3. The highest BCUT2D eigenvalue weighted by Gasteiger charge is 2.33. The fourth-order valence-corrected chi connectivity index (χ4v) is 5.12. The highest BCUT2D eigenvalue weighted by molar-refractivity contribution is 9.10. The number of benzene rings is 1. The molecule has 3 heterocycles. The highest BCUT2D eigenvalue weighted by Crippen LogP contribution is 2.40. The summed E-state index contributed by atoms with van der Waals surface area (Å²) in [6.45, 7) is 8.07. The predicted octanol–water partition coefficient (Wildman–Crippen LogP) is 6.13. The van der Waals surface area contributed by atoms with Crippen molar-refractivity contribution in [3.8, 4) is 17.0 Å². The molecule has 1 aliphatic heterocycles. The Morgan fingerprint density at radius 1 is 1.25 bits per heavy atom. The zero-order chi connectivity index (χ0) is 26.2. The van der Waals surface area contributed by atoms with Crippen molar-refractivity contribution in [3.05, 3.63) is 40.0 Å². The van der Waals surface area contributed by atoms with Crippen molar-refractivity contribution in [2.24, 2.45) is 0 Å². The quantitative estimate of drug-likeness (QED) is 0.253. The van der Waals surface area contributed by atoms with E-state index >= 15 is 0 Å². The number of aryl methyl sites for hydroxylation is 1. The van der Waals surface area contributed by atoms with E-state index in [1.165, 1.54) is 0 Å². The number of hydrogen-bond donors (Lipinski definition) is 0. The molecular weight excluding hydrogens is 541 g/mol. The Kier molecular flexibility index (Phi) is 7.61. The number of piperidine rings is 1. The van der Waals surface area contributed by atoms with Gasteiger partial charge in [-0.3, -0.25) is 9.48 Å². The number of rotatable bonds is 7. The third-order valence-corrected chi connectivity index (χ3v) is 7.06. The van der Waals surface area contributed by atoms with Gasteiger partial charge in [0.1, 0.15) is 10.4 Å². The van der Waals surface area contributed by atoms with Gasteiger partial charge in [-0.1, -0.05) is 0 Å². The number of carbonyl (C=O) groups is 1. The van der Waals surface area contributed by atoms with Crippen LogP contribution in [0.5, 0.6) is 5.75 Å². The van der Waals surface area contributed by atoms with Crippen LogP contribution in [0.2, 0.25) is 0 Å². The van der Waals surface area contributed by atoms with Crippen molar-refractivity contribution in [2.45, 2.75) is 58.8 Å². The largest absolute Gasteiger partial charge is 0.467 e. The Balaban J connectivity index is 1.75. The van der Waals surface area contributed by atoms with Crippen LogP contribution in [0.15, 0.2) is 28.9 Å². The fourth-order valence-electron chi connectivity index (χ4n) is 4.44. The third kappa shape index (κ3) is 5.22. The molecule has 1 aliphatic rings. The van der Waals surface area contributed by atoms with E-state index in [1.807, 2.05) is 29.5 Å². The summed E-state index contributed by atoms with van der Waals surface area (Å²) in [6.07, 6.45) is -3.41. The number of amides is 1. The molecule has 1 atom stereocenters. The van der Waals surface area contributed by atoms with Crippen molar-refractivity contribution in [3.63, 3.8) is 0 Å². The Hall–Kier alpha value is -2.66. The van der Waals surface area contributed by atoms with E-state index in [-0.39, 0.29) is 30.5 Å². The summed E-state index contributed by atoms with van der Waals surface area (Å²) in [5.41, 5.74) is 0.914. The summed E-state index contributed by atoms with van der Waals surface area (Å²) >= 11 is 3.63. The van der Waals surface area contributed by atoms with Gasteiger partial charge in [0.2, 0.25) is 5.91 Å². The van der Waals surface area contributed by atoms with Crippen molar-refractivity contribution in [1.29, 1.82) is 0 Å². The molecule has 1 amide bonds. The molecule has 0 bridgehead atoms. The van der Waals surface area contributed by atoms with Crippen LogP contribution in [0.25, 0.3) is 22.3 Å². The first kappa shape index (κ1) is 26.4. The second-order valence-corrected chi connectivity index (χ2v) is 9.81. The van der Waals surface area contributed by atoms with Crippen LogP contribution < -0.4 is 4.74 Å². The van der Waals surface area contributed by atoms with Crippen molar-refractivity contribution in [2.75, 3.05) is 19.9 Å². The molecule has 1 fully saturated rings. The van der Waals surface area contributed by atoms with Gasteiger partial charge in [-0.2, -0.15) is 18.3 Å². The third-order valence-electron chi connectivity index (χ3n) is 6.27. The second kappa shape index (κ2) is 10.4. The Labute approximate surface area is 215 Å². The van der Waals surface area contributed by atoms with E-state index < -0.39 is 11.7 Å². The molecule has 2 aromatic heterocycles. The van der Waals surface area contributed by atoms with Gasteiger partial charge >= 0.3 is 6.18 Å². The van der Waals surface area contributed by atoms with Crippen molar-refractivity contribution in [1.82, 2.24) is 19.7 Å². The van der Waals surface area contributed by atoms with Crippen LogP contribution in [-0.4, -0.2) is 51.6 Å². The zero-order valence-electron chi connectivity index (χ0n) is 20.5. The van der Waals surface area contributed by atoms with E-state index in [1.54, 1.807) is 19.9 Å². The van der Waals surface area contributed by atoms with Gasteiger partial charge in [0, 0.05) is 31.2 Å². The molecule has 1 aromatic carbocycles. The molecule has 36 heavy (non-hydrogen) atoms. The average Bonchev–Trinajstić information content (AvgIpc) is 3.14. The lowest BCUT2D eigenvalue weighted by Gasteiger charge is -2.35. The number of hydrogen-bond acceptors (Lipinski definition) is 5. The minimum absolute atomic E-state index is 0.0185. The number of alkyl halides is 3. The number of carbonyl (C=O) groups excluding carboxylic acids is 1. The lowest BCUT2D eigenvalue weighted by atomic mass is 10.00. The molecule has 3 aromatic rings. The summed E-state index contributed by atoms with van der Waals surface area (Å²) in [6, 6.07) is 5.71. The number of halogens is 4. The molecule has 1 saturated heterocycles. The summed E-state index contributed by atoms with van der Waals surface area (Å²) < 4.78 is 53.8. The molecule has 4 rings (SSSR count). The summed E-state index contributed by atoms with van der Waals surface area (Å²) in [5.74, 6) is 0.173. The van der Waals surface area contributed by atoms with Crippen LogP contribution in [0.1, 0.15) is 50.8 Å². The topological polar surface area (TPSA) is 69.5 Å². The van der Waals surface area contributed by atoms with E-state index in [0.29, 0.717) is 48.5 Å². The first-order valence-electron chi connectivity index (χ1n) is 11.8. The van der Waals surface area contributed by atoms with E-state index in [9.17, 15) is 18.0 Å². The first-order valence-corrected chi connectivity index (χ1v) is 12.6. The number of fused-ring (bicyclic) bond motifs is 1. The molecule has 0 N–H and O–H groups in total. The van der Waals surface area contributed by atoms with Crippen LogP contribution in [0.4, 0.5) is 13.2 Å². The molecule has 0 radical (unpaired) electrons. The number of likely N-dealkylation sites (tertiary alicyclic amines) is 1. The van der Waals surface area contributed by atoms with E-state index in [4.69, 9.17) is 14.6 Å². The lowest BCUT2D eigenvalue weighted by molar-refractivity contribution is -0.138. The van der Waals surface area contributed by atoms with Gasteiger partial charge in [-0.15, -0.1) is 0 Å². The number of nitrogens with zero attached hydrogens (tertiary/aromatic N) is 4. The van der Waals surface area contributed by atoms with Gasteiger partial charge in [-0.05, 0) is 79.9 Å². The molecule has 7 nitrogen and oxygen atoms in total.